The lowest BCUT2D eigenvalue weighted by Crippen LogP contribution is -2.36. The summed E-state index contributed by atoms with van der Waals surface area (Å²) >= 11 is 0. The molecule has 3 rings (SSSR count). The first-order chi connectivity index (χ1) is 8.81. The van der Waals surface area contributed by atoms with Crippen molar-refractivity contribution in [3.8, 4) is 0 Å². The first-order valence-corrected chi connectivity index (χ1v) is 6.50. The summed E-state index contributed by atoms with van der Waals surface area (Å²) in [5.41, 5.74) is 6.83. The highest BCUT2D eigenvalue weighted by Crippen LogP contribution is 2.30. The summed E-state index contributed by atoms with van der Waals surface area (Å²) in [5.74, 6) is 0.990. The molecule has 18 heavy (non-hydrogen) atoms. The van der Waals surface area contributed by atoms with E-state index in [2.05, 4.69) is 33.3 Å². The molecule has 1 unspecified atom stereocenters. The fourth-order valence-corrected chi connectivity index (χ4v) is 2.80. The molecule has 2 heterocycles. The summed E-state index contributed by atoms with van der Waals surface area (Å²) in [7, 11) is 0. The second-order valence-corrected chi connectivity index (χ2v) is 4.88. The summed E-state index contributed by atoms with van der Waals surface area (Å²) in [6.07, 6.45) is 2.34. The van der Waals surface area contributed by atoms with E-state index in [0.717, 1.165) is 24.5 Å². The normalized spacial score (nSPS) is 19.7. The van der Waals surface area contributed by atoms with Gasteiger partial charge in [-0.15, -0.1) is 5.10 Å². The zero-order valence-electron chi connectivity index (χ0n) is 10.6. The van der Waals surface area contributed by atoms with Crippen LogP contribution in [-0.2, 0) is 0 Å². The molecular weight excluding hydrogens is 224 g/mol. The van der Waals surface area contributed by atoms with Gasteiger partial charge in [-0.2, -0.15) is 5.10 Å². The Balaban J connectivity index is 2.15. The van der Waals surface area contributed by atoms with Crippen LogP contribution < -0.4 is 10.6 Å². The molecule has 0 saturated carbocycles. The van der Waals surface area contributed by atoms with Crippen LogP contribution in [-0.4, -0.2) is 29.3 Å². The van der Waals surface area contributed by atoms with Crippen molar-refractivity contribution in [2.45, 2.75) is 25.8 Å². The summed E-state index contributed by atoms with van der Waals surface area (Å²) in [6.45, 7) is 3.72. The third kappa shape index (κ3) is 1.73. The summed E-state index contributed by atoms with van der Waals surface area (Å²) < 4.78 is 0. The van der Waals surface area contributed by atoms with Gasteiger partial charge in [0.2, 0.25) is 0 Å². The van der Waals surface area contributed by atoms with Crippen LogP contribution in [0.4, 0.5) is 5.82 Å². The highest BCUT2D eigenvalue weighted by molar-refractivity contribution is 5.93. The summed E-state index contributed by atoms with van der Waals surface area (Å²) in [5, 5.41) is 11.1. The molecule has 0 bridgehead atoms. The van der Waals surface area contributed by atoms with Crippen LogP contribution >= 0.6 is 0 Å². The first-order valence-electron chi connectivity index (χ1n) is 6.50. The monoisotopic (exact) mass is 242 g/mol. The molecule has 1 aromatic heterocycles. The average Bonchev–Trinajstić information content (AvgIpc) is 2.88. The number of anilines is 1. The maximum Gasteiger partial charge on any atom is 0.159 e. The maximum absolute atomic E-state index is 5.85. The number of aromatic nitrogens is 2. The van der Waals surface area contributed by atoms with Crippen LogP contribution in [0.2, 0.25) is 0 Å². The van der Waals surface area contributed by atoms with Crippen molar-refractivity contribution >= 4 is 16.6 Å². The van der Waals surface area contributed by atoms with E-state index in [0.29, 0.717) is 12.6 Å². The third-order valence-electron chi connectivity index (χ3n) is 3.77. The van der Waals surface area contributed by atoms with E-state index in [-0.39, 0.29) is 0 Å². The Labute approximate surface area is 107 Å². The fourth-order valence-electron chi connectivity index (χ4n) is 2.80. The molecule has 2 N–H and O–H groups in total. The van der Waals surface area contributed by atoms with E-state index < -0.39 is 0 Å². The largest absolute Gasteiger partial charge is 0.350 e. The molecule has 1 atom stereocenters. The lowest BCUT2D eigenvalue weighted by atomic mass is 10.1. The molecule has 0 aliphatic carbocycles. The Hall–Kier alpha value is -1.68. The molecule has 94 valence electrons. The highest BCUT2D eigenvalue weighted by Gasteiger charge is 2.26. The van der Waals surface area contributed by atoms with E-state index in [1.807, 2.05) is 13.0 Å². The van der Waals surface area contributed by atoms with Crippen molar-refractivity contribution in [2.75, 3.05) is 18.0 Å². The van der Waals surface area contributed by atoms with Gasteiger partial charge in [0.05, 0.1) is 5.69 Å². The van der Waals surface area contributed by atoms with Gasteiger partial charge in [-0.05, 0) is 19.8 Å². The quantitative estimate of drug-likeness (QED) is 0.873. The van der Waals surface area contributed by atoms with Gasteiger partial charge in [-0.25, -0.2) is 0 Å². The molecule has 0 radical (unpaired) electrons. The Kier molecular flexibility index (Phi) is 2.88. The Morgan fingerprint density at radius 3 is 2.83 bits per heavy atom. The zero-order chi connectivity index (χ0) is 12.5. The average molecular weight is 242 g/mol. The van der Waals surface area contributed by atoms with Crippen molar-refractivity contribution in [1.29, 1.82) is 0 Å². The summed E-state index contributed by atoms with van der Waals surface area (Å²) in [6, 6.07) is 8.74. The second-order valence-electron chi connectivity index (χ2n) is 4.88. The zero-order valence-corrected chi connectivity index (χ0v) is 10.6. The smallest absolute Gasteiger partial charge is 0.159 e. The van der Waals surface area contributed by atoms with E-state index in [1.165, 1.54) is 17.2 Å². The molecule has 1 aliphatic heterocycles. The lowest BCUT2D eigenvalue weighted by Gasteiger charge is -2.25. The number of hydrogen-bond acceptors (Lipinski definition) is 4. The number of benzene rings is 1. The predicted octanol–water partition coefficient (Wildman–Crippen LogP) is 1.87. The third-order valence-corrected chi connectivity index (χ3v) is 3.77. The molecule has 4 nitrogen and oxygen atoms in total. The molecule has 1 aromatic carbocycles. The van der Waals surface area contributed by atoms with E-state index in [4.69, 9.17) is 5.73 Å². The minimum absolute atomic E-state index is 0.408. The number of rotatable bonds is 2. The number of nitrogens with two attached hydrogens (primary N) is 1. The molecule has 1 fully saturated rings. The van der Waals surface area contributed by atoms with E-state index in [1.54, 1.807) is 0 Å². The van der Waals surface area contributed by atoms with Crippen molar-refractivity contribution < 1.29 is 0 Å². The van der Waals surface area contributed by atoms with Gasteiger partial charge in [-0.3, -0.25) is 0 Å². The van der Waals surface area contributed by atoms with Crippen molar-refractivity contribution in [3.05, 3.63) is 30.0 Å². The molecule has 1 saturated heterocycles. The van der Waals surface area contributed by atoms with Gasteiger partial charge in [0.1, 0.15) is 0 Å². The highest BCUT2D eigenvalue weighted by atomic mass is 15.3. The minimum atomic E-state index is 0.408. The van der Waals surface area contributed by atoms with E-state index >= 15 is 0 Å². The van der Waals surface area contributed by atoms with Gasteiger partial charge in [-0.1, -0.05) is 24.3 Å². The van der Waals surface area contributed by atoms with Crippen molar-refractivity contribution in [2.24, 2.45) is 5.73 Å². The Bertz CT molecular complexity index is 567. The standard InChI is InChI=1S/C14H18N4/c1-10-12-6-2-3-7-13(12)14(17-16-10)18-8-4-5-11(18)9-15/h2-3,6-7,11H,4-5,8-9,15H2,1H3. The second kappa shape index (κ2) is 4.53. The van der Waals surface area contributed by atoms with Gasteiger partial charge < -0.3 is 10.6 Å². The molecular formula is C14H18N4. The van der Waals surface area contributed by atoms with Crippen molar-refractivity contribution in [3.63, 3.8) is 0 Å². The Morgan fingerprint density at radius 2 is 2.06 bits per heavy atom. The molecule has 0 spiro atoms. The number of fused-ring (bicyclic) bond motifs is 1. The van der Waals surface area contributed by atoms with Crippen LogP contribution in [0.1, 0.15) is 18.5 Å². The van der Waals surface area contributed by atoms with Crippen molar-refractivity contribution in [1.82, 2.24) is 10.2 Å². The fraction of sp³-hybridized carbons (Fsp3) is 0.429. The van der Waals surface area contributed by atoms with E-state index in [9.17, 15) is 0 Å². The van der Waals surface area contributed by atoms with Crippen LogP contribution in [0, 0.1) is 6.92 Å². The van der Waals surface area contributed by atoms with Gasteiger partial charge in [0.15, 0.2) is 5.82 Å². The number of nitrogens with zero attached hydrogens (tertiary/aromatic N) is 3. The lowest BCUT2D eigenvalue weighted by molar-refractivity contribution is 0.669. The molecule has 1 aliphatic rings. The summed E-state index contributed by atoms with van der Waals surface area (Å²) in [4.78, 5) is 2.31. The minimum Gasteiger partial charge on any atom is -0.350 e. The van der Waals surface area contributed by atoms with Crippen LogP contribution in [0.3, 0.4) is 0 Å². The maximum atomic E-state index is 5.85. The molecule has 0 amide bonds. The van der Waals surface area contributed by atoms with Crippen LogP contribution in [0.25, 0.3) is 10.8 Å². The topological polar surface area (TPSA) is 55.0 Å². The van der Waals surface area contributed by atoms with Crippen LogP contribution in [0.15, 0.2) is 24.3 Å². The van der Waals surface area contributed by atoms with Gasteiger partial charge >= 0.3 is 0 Å². The molecule has 4 heteroatoms. The first kappa shape index (κ1) is 11.4. The van der Waals surface area contributed by atoms with Crippen LogP contribution in [0.5, 0.6) is 0 Å². The van der Waals surface area contributed by atoms with Gasteiger partial charge in [0, 0.05) is 29.9 Å². The van der Waals surface area contributed by atoms with Gasteiger partial charge in [0.25, 0.3) is 0 Å². The predicted molar refractivity (Wildman–Crippen MR) is 73.7 cm³/mol. The SMILES string of the molecule is Cc1nnc(N2CCCC2CN)c2ccccc12. The number of aryl methyl sites for hydroxylation is 1. The number of hydrogen-bond donors (Lipinski definition) is 1. The molecule has 2 aromatic rings. The Morgan fingerprint density at radius 1 is 1.28 bits per heavy atom.